The molecule has 4 rings (SSSR count). The standard InChI is InChI=1S/C21H22F4N4O4/c22-15-4-1-3-14(21(23,24)25)13(15)10-26-20(31)33-12-7-11(8-12)16-9-18(29-28-16)27-19(30)17-5-2-6-32-17/h1,3-4,9,11-12,17H,2,5-8,10H2,(H,26,31)(H2,27,28,29,30)/t11-,12+,17-/m1/s1. The van der Waals surface area contributed by atoms with Crippen LogP contribution >= 0.6 is 0 Å². The number of hydrogen-bond donors (Lipinski definition) is 3. The van der Waals surface area contributed by atoms with Gasteiger partial charge in [0.05, 0.1) is 11.3 Å². The van der Waals surface area contributed by atoms with Crippen LogP contribution in [0.4, 0.5) is 28.2 Å². The minimum atomic E-state index is -4.74. The number of alkyl halides is 3. The molecule has 1 aliphatic heterocycles. The second-order valence-electron chi connectivity index (χ2n) is 8.01. The molecular formula is C21H22F4N4O4. The smallest absolute Gasteiger partial charge is 0.416 e. The van der Waals surface area contributed by atoms with Gasteiger partial charge < -0.3 is 20.1 Å². The van der Waals surface area contributed by atoms with Crippen LogP contribution in [0.15, 0.2) is 24.3 Å². The minimum absolute atomic E-state index is 0.00386. The maximum absolute atomic E-state index is 13.8. The van der Waals surface area contributed by atoms with Crippen LogP contribution in [0.2, 0.25) is 0 Å². The first kappa shape index (κ1) is 23.0. The van der Waals surface area contributed by atoms with Crippen molar-refractivity contribution < 1.29 is 36.6 Å². The molecule has 2 fully saturated rings. The van der Waals surface area contributed by atoms with Gasteiger partial charge in [-0.1, -0.05) is 6.07 Å². The molecule has 2 heterocycles. The summed E-state index contributed by atoms with van der Waals surface area (Å²) < 4.78 is 63.5. The lowest BCUT2D eigenvalue weighted by atomic mass is 9.80. The van der Waals surface area contributed by atoms with Crippen molar-refractivity contribution in [1.29, 1.82) is 0 Å². The van der Waals surface area contributed by atoms with Crippen LogP contribution in [-0.4, -0.2) is 41.0 Å². The SMILES string of the molecule is O=C(NCc1c(F)cccc1C(F)(F)F)O[C@H]1C[C@@H](c2cc(NC(=O)[C@H]3CCCO3)[nH]n2)C1. The number of anilines is 1. The van der Waals surface area contributed by atoms with E-state index < -0.39 is 48.0 Å². The lowest BCUT2D eigenvalue weighted by molar-refractivity contribution is -0.138. The molecule has 1 aromatic carbocycles. The average molecular weight is 470 g/mol. The molecule has 1 aromatic heterocycles. The lowest BCUT2D eigenvalue weighted by Gasteiger charge is -2.33. The van der Waals surface area contributed by atoms with Gasteiger partial charge in [-0.25, -0.2) is 9.18 Å². The molecular weight excluding hydrogens is 448 g/mol. The molecule has 1 saturated heterocycles. The second kappa shape index (κ2) is 9.38. The number of carbonyl (C=O) groups is 2. The first-order valence-electron chi connectivity index (χ1n) is 10.5. The van der Waals surface area contributed by atoms with Gasteiger partial charge in [-0.2, -0.15) is 18.3 Å². The molecule has 178 valence electrons. The van der Waals surface area contributed by atoms with Crippen LogP contribution in [0.3, 0.4) is 0 Å². The molecule has 0 radical (unpaired) electrons. The summed E-state index contributed by atoms with van der Waals surface area (Å²) in [4.78, 5) is 24.0. The quantitative estimate of drug-likeness (QED) is 0.556. The van der Waals surface area contributed by atoms with Crippen LogP contribution in [0.25, 0.3) is 0 Å². The molecule has 8 nitrogen and oxygen atoms in total. The third-order valence-corrected chi connectivity index (χ3v) is 5.70. The molecule has 1 saturated carbocycles. The number of hydrogen-bond acceptors (Lipinski definition) is 5. The van der Waals surface area contributed by atoms with Gasteiger partial charge in [0, 0.05) is 30.7 Å². The molecule has 2 aromatic rings. The monoisotopic (exact) mass is 470 g/mol. The zero-order chi connectivity index (χ0) is 23.6. The summed E-state index contributed by atoms with van der Waals surface area (Å²) in [6.45, 7) is -0.0865. The van der Waals surface area contributed by atoms with Crippen molar-refractivity contribution in [3.05, 3.63) is 46.9 Å². The summed E-state index contributed by atoms with van der Waals surface area (Å²) in [5, 5.41) is 11.8. The van der Waals surface area contributed by atoms with E-state index in [1.165, 1.54) is 0 Å². The van der Waals surface area contributed by atoms with E-state index in [2.05, 4.69) is 20.8 Å². The largest absolute Gasteiger partial charge is 0.446 e. The lowest BCUT2D eigenvalue weighted by Crippen LogP contribution is -2.36. The van der Waals surface area contributed by atoms with Gasteiger partial charge in [0.25, 0.3) is 5.91 Å². The Morgan fingerprint density at radius 3 is 2.76 bits per heavy atom. The second-order valence-corrected chi connectivity index (χ2v) is 8.01. The Hall–Kier alpha value is -3.15. The number of alkyl carbamates (subject to hydrolysis) is 1. The number of nitrogens with zero attached hydrogens (tertiary/aromatic N) is 1. The number of halogens is 4. The topological polar surface area (TPSA) is 105 Å². The number of carbonyl (C=O) groups excluding carboxylic acids is 2. The van der Waals surface area contributed by atoms with Gasteiger partial charge in [0.1, 0.15) is 23.8 Å². The van der Waals surface area contributed by atoms with Crippen molar-refractivity contribution in [3.8, 4) is 0 Å². The van der Waals surface area contributed by atoms with Crippen molar-refractivity contribution in [2.24, 2.45) is 0 Å². The number of ether oxygens (including phenoxy) is 2. The van der Waals surface area contributed by atoms with Gasteiger partial charge in [0.15, 0.2) is 0 Å². The molecule has 0 unspecified atom stereocenters. The molecule has 2 aliphatic rings. The maximum Gasteiger partial charge on any atom is 0.416 e. The summed E-state index contributed by atoms with van der Waals surface area (Å²) >= 11 is 0. The Morgan fingerprint density at radius 1 is 1.27 bits per heavy atom. The number of amides is 2. The van der Waals surface area contributed by atoms with E-state index in [-0.39, 0.29) is 11.8 Å². The Morgan fingerprint density at radius 2 is 2.06 bits per heavy atom. The minimum Gasteiger partial charge on any atom is -0.446 e. The summed E-state index contributed by atoms with van der Waals surface area (Å²) in [5.74, 6) is -0.860. The number of aromatic amines is 1. The van der Waals surface area contributed by atoms with Crippen LogP contribution in [0.5, 0.6) is 0 Å². The molecule has 33 heavy (non-hydrogen) atoms. The van der Waals surface area contributed by atoms with Crippen LogP contribution in [0.1, 0.15) is 48.4 Å². The molecule has 2 amide bonds. The van der Waals surface area contributed by atoms with Crippen molar-refractivity contribution in [3.63, 3.8) is 0 Å². The molecule has 0 spiro atoms. The molecule has 3 N–H and O–H groups in total. The van der Waals surface area contributed by atoms with Gasteiger partial charge >= 0.3 is 12.3 Å². The predicted octanol–water partition coefficient (Wildman–Crippen LogP) is 3.86. The Balaban J connectivity index is 1.23. The fraction of sp³-hybridized carbons (Fsp3) is 0.476. The van der Waals surface area contributed by atoms with Crippen LogP contribution in [0, 0.1) is 5.82 Å². The molecule has 0 bridgehead atoms. The van der Waals surface area contributed by atoms with Crippen molar-refractivity contribution >= 4 is 17.8 Å². The first-order chi connectivity index (χ1) is 15.7. The zero-order valence-electron chi connectivity index (χ0n) is 17.4. The maximum atomic E-state index is 13.8. The van der Waals surface area contributed by atoms with Crippen molar-refractivity contribution in [2.75, 3.05) is 11.9 Å². The van der Waals surface area contributed by atoms with Gasteiger partial charge in [-0.05, 0) is 37.8 Å². The van der Waals surface area contributed by atoms with E-state index in [9.17, 15) is 27.2 Å². The number of rotatable bonds is 6. The summed E-state index contributed by atoms with van der Waals surface area (Å²) in [7, 11) is 0. The Bertz CT molecular complexity index is 1010. The number of aromatic nitrogens is 2. The molecule has 1 aliphatic carbocycles. The zero-order valence-corrected chi connectivity index (χ0v) is 17.4. The number of nitrogens with one attached hydrogen (secondary N) is 3. The number of benzene rings is 1. The average Bonchev–Trinajstić information content (AvgIpc) is 3.41. The highest BCUT2D eigenvalue weighted by atomic mass is 19.4. The van der Waals surface area contributed by atoms with Gasteiger partial charge in [-0.15, -0.1) is 0 Å². The first-order valence-corrected chi connectivity index (χ1v) is 10.5. The highest BCUT2D eigenvalue weighted by molar-refractivity contribution is 5.93. The van der Waals surface area contributed by atoms with Gasteiger partial charge in [-0.3, -0.25) is 9.89 Å². The summed E-state index contributed by atoms with van der Waals surface area (Å²) in [5.41, 5.74) is -1.10. The van der Waals surface area contributed by atoms with Crippen molar-refractivity contribution in [1.82, 2.24) is 15.5 Å². The van der Waals surface area contributed by atoms with Gasteiger partial charge in [0.2, 0.25) is 0 Å². The van der Waals surface area contributed by atoms with E-state index in [1.54, 1.807) is 6.07 Å². The fourth-order valence-electron chi connectivity index (χ4n) is 3.87. The predicted molar refractivity (Wildman–Crippen MR) is 107 cm³/mol. The number of H-pyrrole nitrogens is 1. The molecule has 12 heteroatoms. The van der Waals surface area contributed by atoms with E-state index in [1.807, 2.05) is 0 Å². The van der Waals surface area contributed by atoms with E-state index >= 15 is 0 Å². The fourth-order valence-corrected chi connectivity index (χ4v) is 3.87. The van der Waals surface area contributed by atoms with E-state index in [4.69, 9.17) is 9.47 Å². The molecule has 1 atom stereocenters. The summed E-state index contributed by atoms with van der Waals surface area (Å²) in [6, 6.07) is 4.31. The highest BCUT2D eigenvalue weighted by Gasteiger charge is 2.36. The van der Waals surface area contributed by atoms with E-state index in [0.717, 1.165) is 24.6 Å². The van der Waals surface area contributed by atoms with Crippen LogP contribution < -0.4 is 10.6 Å². The highest BCUT2D eigenvalue weighted by Crippen LogP contribution is 2.38. The Kier molecular flexibility index (Phi) is 6.54. The van der Waals surface area contributed by atoms with Crippen LogP contribution in [-0.2, 0) is 27.0 Å². The summed E-state index contributed by atoms with van der Waals surface area (Å²) in [6.07, 6.45) is -4.14. The third-order valence-electron chi connectivity index (χ3n) is 5.70. The Labute approximate surface area is 186 Å². The van der Waals surface area contributed by atoms with E-state index in [0.29, 0.717) is 37.4 Å². The normalized spacial score (nSPS) is 22.5. The van der Waals surface area contributed by atoms with Crippen molar-refractivity contribution in [2.45, 2.75) is 56.5 Å². The third kappa shape index (κ3) is 5.44.